The molecule has 0 amide bonds. The van der Waals surface area contributed by atoms with Crippen LogP contribution in [0.2, 0.25) is 0 Å². The molecule has 0 bridgehead atoms. The van der Waals surface area contributed by atoms with Crippen molar-refractivity contribution in [1.29, 1.82) is 0 Å². The Morgan fingerprint density at radius 3 is 1.60 bits per heavy atom. The van der Waals surface area contributed by atoms with E-state index in [0.717, 1.165) is 161 Å². The van der Waals surface area contributed by atoms with Crippen LogP contribution in [0.15, 0.2) is 23.3 Å². The average molecular weight is 1210 g/mol. The van der Waals surface area contributed by atoms with Gasteiger partial charge in [-0.25, -0.2) is 4.79 Å². The van der Waals surface area contributed by atoms with Gasteiger partial charge >= 0.3 is 42.2 Å². The van der Waals surface area contributed by atoms with Crippen LogP contribution in [0.25, 0.3) is 0 Å². The molecule has 482 valence electrons. The summed E-state index contributed by atoms with van der Waals surface area (Å²) in [6.45, 7) is 26.6. The van der Waals surface area contributed by atoms with Crippen LogP contribution in [0, 0.1) is 105 Å². The van der Waals surface area contributed by atoms with Gasteiger partial charge in [0.15, 0.2) is 11.9 Å². The molecule has 8 aliphatic carbocycles. The molecule has 11 aliphatic rings. The number of allylic oxidation sites excluding steroid dienone is 2. The number of halogens is 1. The molecular formula is C74H118ClLiO10. The minimum atomic E-state index is -0.727. The number of carbonyl (C=O) groups is 5. The Balaban J connectivity index is 0.000000195. The van der Waals surface area contributed by atoms with E-state index < -0.39 is 11.3 Å². The minimum Gasteiger partial charge on any atom is -0.488 e. The maximum absolute atomic E-state index is 12.9. The van der Waals surface area contributed by atoms with E-state index in [-0.39, 0.29) is 60.4 Å². The molecule has 9 fully saturated rings. The molecule has 0 N–H and O–H groups in total. The molecule has 0 radical (unpaired) electrons. The first-order valence-electron chi connectivity index (χ1n) is 35.3. The first-order chi connectivity index (χ1) is 40.6. The Hall–Kier alpha value is -2.41. The largest absolute Gasteiger partial charge is 1.00 e. The zero-order valence-electron chi connectivity index (χ0n) is 56.1. The Labute approximate surface area is 539 Å². The second-order valence-electron chi connectivity index (χ2n) is 31.2. The van der Waals surface area contributed by atoms with E-state index in [2.05, 4.69) is 81.4 Å². The molecule has 9 unspecified atom stereocenters. The maximum atomic E-state index is 12.9. The van der Waals surface area contributed by atoms with E-state index in [1.165, 1.54) is 108 Å². The van der Waals surface area contributed by atoms with E-state index in [9.17, 15) is 24.0 Å². The number of ether oxygens (including phenoxy) is 5. The van der Waals surface area contributed by atoms with E-state index in [0.29, 0.717) is 48.9 Å². The van der Waals surface area contributed by atoms with Gasteiger partial charge in [0.2, 0.25) is 0 Å². The Bertz CT molecular complexity index is 2250. The molecule has 17 atom stereocenters. The summed E-state index contributed by atoms with van der Waals surface area (Å²) in [6.07, 6.45) is 43.7. The molecule has 10 nitrogen and oxygen atoms in total. The van der Waals surface area contributed by atoms with Crippen LogP contribution < -0.4 is 18.9 Å². The summed E-state index contributed by atoms with van der Waals surface area (Å²) in [4.78, 5) is 57.3. The standard InChI is InChI=1S/C34H54O4.C28H45ClO2.C6H10O2.C6H9O2.Li/c1-22(2)9-8-10-23(3)28-14-15-29-26-13-12-24-21-25(38-32(36)27-11-6-7-20-37-31(27)35)16-18-33(24,4)30(26)17-19-34(28,29)5;1-18(2)7-6-8-19(3)23-11-12-24-22-10-9-20-17-21(31-26(29)30)13-15-27(20,4)25(22)14-16-28(23,24)5;2*7-6-4-2-1-3-5-8-6;/h12,22-23,25-30H,6-11,13-21H2,1-5H3;9,18-19,21-25H,6-8,10-17H2,1-5H3;1-5H2;4H,1-3,5H2;/q;;;-1;+1/t23-,25?,26?,27?,28-,29?,30?,33+,34-;19-,21?,22?,23-,24?,25?,27+,28-;;;/m11.../s1. The van der Waals surface area contributed by atoms with E-state index in [4.69, 9.17) is 35.3 Å². The monoisotopic (exact) mass is 1210 g/mol. The van der Waals surface area contributed by atoms with E-state index >= 15 is 0 Å². The van der Waals surface area contributed by atoms with Gasteiger partial charge in [0.05, 0.1) is 19.8 Å². The predicted molar refractivity (Wildman–Crippen MR) is 339 cm³/mol. The van der Waals surface area contributed by atoms with Crippen molar-refractivity contribution in [2.75, 3.05) is 19.8 Å². The number of cyclic esters (lactones) is 3. The molecule has 3 saturated heterocycles. The number of hydrogen-bond acceptors (Lipinski definition) is 10. The summed E-state index contributed by atoms with van der Waals surface area (Å²) >= 11 is 5.51. The molecule has 6 saturated carbocycles. The molecule has 0 spiro atoms. The van der Waals surface area contributed by atoms with Crippen molar-refractivity contribution in [3.05, 3.63) is 29.7 Å². The minimum absolute atomic E-state index is 0. The van der Waals surface area contributed by atoms with Crippen molar-refractivity contribution in [2.45, 2.75) is 287 Å². The molecule has 12 heteroatoms. The third-order valence-electron chi connectivity index (χ3n) is 25.2. The van der Waals surface area contributed by atoms with Gasteiger partial charge < -0.3 is 23.7 Å². The normalized spacial score (nSPS) is 37.9. The quantitative estimate of drug-likeness (QED) is 0.0334. The molecule has 11 rings (SSSR count). The Morgan fingerprint density at radius 1 is 0.570 bits per heavy atom. The zero-order valence-corrected chi connectivity index (χ0v) is 56.9. The number of rotatable bonds is 13. The zero-order chi connectivity index (χ0) is 61.1. The third kappa shape index (κ3) is 17.2. The van der Waals surface area contributed by atoms with Gasteiger partial charge in [0.25, 0.3) is 0 Å². The summed E-state index contributed by atoms with van der Waals surface area (Å²) in [5, 5.41) is 0. The van der Waals surface area contributed by atoms with Gasteiger partial charge in [-0.1, -0.05) is 137 Å². The van der Waals surface area contributed by atoms with Gasteiger partial charge in [-0.05, 0) is 228 Å². The molecule has 3 aliphatic heterocycles. The maximum Gasteiger partial charge on any atom is 1.00 e. The second-order valence-corrected chi connectivity index (χ2v) is 31.5. The third-order valence-corrected chi connectivity index (χ3v) is 25.3. The van der Waals surface area contributed by atoms with Gasteiger partial charge in [-0.2, -0.15) is 6.42 Å². The molecule has 0 aromatic heterocycles. The number of fused-ring (bicyclic) bond motifs is 10. The van der Waals surface area contributed by atoms with Crippen LogP contribution >= 0.6 is 11.6 Å². The van der Waals surface area contributed by atoms with Crippen LogP contribution in [-0.4, -0.2) is 61.3 Å². The number of hydrogen-bond donors (Lipinski definition) is 0. The number of esters is 4. The van der Waals surface area contributed by atoms with Crippen LogP contribution in [0.4, 0.5) is 4.79 Å². The molecule has 0 aromatic rings. The fourth-order valence-electron chi connectivity index (χ4n) is 20.4. The van der Waals surface area contributed by atoms with Crippen molar-refractivity contribution in [1.82, 2.24) is 0 Å². The topological polar surface area (TPSA) is 132 Å². The van der Waals surface area contributed by atoms with Crippen molar-refractivity contribution in [3.63, 3.8) is 0 Å². The molecule has 0 aromatic carbocycles. The van der Waals surface area contributed by atoms with Gasteiger partial charge in [-0.15, -0.1) is 0 Å². The van der Waals surface area contributed by atoms with Gasteiger partial charge in [0, 0.05) is 30.9 Å². The number of carbonyl (C=O) groups excluding carboxylic acids is 5. The first-order valence-corrected chi connectivity index (χ1v) is 35.7. The van der Waals surface area contributed by atoms with Crippen LogP contribution in [0.3, 0.4) is 0 Å². The summed E-state index contributed by atoms with van der Waals surface area (Å²) in [6, 6.07) is 0. The van der Waals surface area contributed by atoms with Crippen molar-refractivity contribution in [3.8, 4) is 0 Å². The first kappa shape index (κ1) is 71.0. The van der Waals surface area contributed by atoms with Crippen molar-refractivity contribution >= 4 is 40.9 Å². The smallest absolute Gasteiger partial charge is 0.488 e. The van der Waals surface area contributed by atoms with Gasteiger partial charge in [0.1, 0.15) is 12.2 Å². The average Bonchev–Trinajstić information content (AvgIpc) is 1.42. The van der Waals surface area contributed by atoms with Crippen molar-refractivity contribution < 1.29 is 66.5 Å². The second kappa shape index (κ2) is 32.2. The fourth-order valence-corrected chi connectivity index (χ4v) is 20.6. The summed E-state index contributed by atoms with van der Waals surface area (Å²) in [5.41, 5.74) is 4.06. The van der Waals surface area contributed by atoms with E-state index in [1.807, 2.05) is 0 Å². The van der Waals surface area contributed by atoms with Crippen LogP contribution in [0.1, 0.15) is 275 Å². The SMILES string of the molecule is CC(C)CCC[C@@H](C)[C@H]1CCC2C3CC=C4CC(OC(=O)C5CCCCOC5=O)CC[C@]4(C)C3CC[C@@]21C.CC(C)CCC[C@@H](C)[C@H]1CCC2C3CC=C4CC(OC(=O)Cl)CC[C@]4(C)C3CC[C@@]21C.O=C1CCCCCO1.O=C1[CH-]CCCCO1.[Li+]. The molecular weight excluding hydrogens is 1090 g/mol. The Morgan fingerprint density at radius 2 is 1.07 bits per heavy atom. The summed E-state index contributed by atoms with van der Waals surface area (Å²) in [7, 11) is 0. The Kier molecular flexibility index (Phi) is 26.6. The summed E-state index contributed by atoms with van der Waals surface area (Å²) in [5.74, 6) is 8.56. The summed E-state index contributed by atoms with van der Waals surface area (Å²) < 4.78 is 26.1. The van der Waals surface area contributed by atoms with Gasteiger partial charge in [-0.3, -0.25) is 25.6 Å². The predicted octanol–water partition coefficient (Wildman–Crippen LogP) is 16.1. The van der Waals surface area contributed by atoms with E-state index in [1.54, 1.807) is 12.0 Å². The van der Waals surface area contributed by atoms with Crippen LogP contribution in [0.5, 0.6) is 0 Å². The molecule has 3 heterocycles. The van der Waals surface area contributed by atoms with Crippen molar-refractivity contribution in [2.24, 2.45) is 98.6 Å². The van der Waals surface area contributed by atoms with Crippen LogP contribution in [-0.2, 0) is 42.9 Å². The molecule has 86 heavy (non-hydrogen) atoms. The fraction of sp³-hybridized carbons (Fsp3) is 0.865.